The van der Waals surface area contributed by atoms with Crippen molar-refractivity contribution in [3.05, 3.63) is 38.3 Å². The molecule has 0 bridgehead atoms. The van der Waals surface area contributed by atoms with E-state index >= 15 is 0 Å². The summed E-state index contributed by atoms with van der Waals surface area (Å²) in [6, 6.07) is 4.03. The highest BCUT2D eigenvalue weighted by atomic mass is 79.9. The number of halogens is 1. The Bertz CT molecular complexity index is 616. The van der Waals surface area contributed by atoms with Crippen LogP contribution in [0, 0.1) is 6.92 Å². The van der Waals surface area contributed by atoms with Crippen molar-refractivity contribution in [2.24, 2.45) is 0 Å². The molecule has 1 atom stereocenters. The third-order valence-corrected chi connectivity index (χ3v) is 4.89. The van der Waals surface area contributed by atoms with Gasteiger partial charge in [0, 0.05) is 16.6 Å². The summed E-state index contributed by atoms with van der Waals surface area (Å²) in [4.78, 5) is 5.53. The fourth-order valence-electron chi connectivity index (χ4n) is 2.22. The number of aryl methyl sites for hydroxylation is 1. The van der Waals surface area contributed by atoms with Gasteiger partial charge in [-0.15, -0.1) is 11.3 Å². The molecule has 1 N–H and O–H groups in total. The normalized spacial score (nSPS) is 12.2. The summed E-state index contributed by atoms with van der Waals surface area (Å²) in [5, 5.41) is 4.55. The number of ether oxygens (including phenoxy) is 2. The first-order valence-corrected chi connectivity index (χ1v) is 8.29. The lowest BCUT2D eigenvalue weighted by molar-refractivity contribution is 0.383. The van der Waals surface area contributed by atoms with Crippen molar-refractivity contribution >= 4 is 27.3 Å². The van der Waals surface area contributed by atoms with Gasteiger partial charge in [-0.25, -0.2) is 4.98 Å². The van der Waals surface area contributed by atoms with E-state index in [-0.39, 0.29) is 6.04 Å². The monoisotopic (exact) mass is 370 g/mol. The van der Waals surface area contributed by atoms with Gasteiger partial charge in [-0.3, -0.25) is 0 Å². The molecular weight excluding hydrogens is 352 g/mol. The molecule has 1 unspecified atom stereocenters. The number of rotatable bonds is 6. The molecule has 2 rings (SSSR count). The summed E-state index contributed by atoms with van der Waals surface area (Å²) in [6.07, 6.45) is 1.92. The average molecular weight is 371 g/mol. The van der Waals surface area contributed by atoms with Gasteiger partial charge in [0.05, 0.1) is 25.3 Å². The van der Waals surface area contributed by atoms with Gasteiger partial charge in [0.1, 0.15) is 16.0 Å². The van der Waals surface area contributed by atoms with E-state index in [0.717, 1.165) is 33.1 Å². The number of hydrogen-bond acceptors (Lipinski definition) is 5. The van der Waals surface area contributed by atoms with Gasteiger partial charge in [-0.2, -0.15) is 0 Å². The van der Waals surface area contributed by atoms with Crippen LogP contribution in [0.15, 0.2) is 22.8 Å². The Morgan fingerprint density at radius 1 is 1.33 bits per heavy atom. The zero-order chi connectivity index (χ0) is 15.4. The number of thiazole rings is 1. The Balaban J connectivity index is 2.52. The standard InChI is InChI=1S/C15H19BrN2O2S/c1-5-17-14(12-8-18-9(2)21-12)10-6-7-11(19-3)13(16)15(10)20-4/h6-8,14,17H,5H2,1-4H3. The number of benzene rings is 1. The lowest BCUT2D eigenvalue weighted by Crippen LogP contribution is -2.21. The summed E-state index contributed by atoms with van der Waals surface area (Å²) in [5.74, 6) is 1.54. The van der Waals surface area contributed by atoms with Crippen LogP contribution >= 0.6 is 27.3 Å². The van der Waals surface area contributed by atoms with Crippen LogP contribution in [-0.4, -0.2) is 25.7 Å². The van der Waals surface area contributed by atoms with Crippen LogP contribution in [0.4, 0.5) is 0 Å². The summed E-state index contributed by atoms with van der Waals surface area (Å²) in [7, 11) is 3.32. The van der Waals surface area contributed by atoms with Crippen molar-refractivity contribution < 1.29 is 9.47 Å². The van der Waals surface area contributed by atoms with Crippen LogP contribution in [0.2, 0.25) is 0 Å². The first kappa shape index (κ1) is 16.3. The third-order valence-electron chi connectivity index (χ3n) is 3.16. The second-order valence-corrected chi connectivity index (χ2v) is 6.54. The zero-order valence-electron chi connectivity index (χ0n) is 12.6. The van der Waals surface area contributed by atoms with Crippen LogP contribution in [0.3, 0.4) is 0 Å². The maximum Gasteiger partial charge on any atom is 0.141 e. The topological polar surface area (TPSA) is 43.4 Å². The van der Waals surface area contributed by atoms with Crippen LogP contribution in [-0.2, 0) is 0 Å². The molecular formula is C15H19BrN2O2S. The molecule has 1 aromatic heterocycles. The Morgan fingerprint density at radius 2 is 2.10 bits per heavy atom. The number of nitrogens with zero attached hydrogens (tertiary/aromatic N) is 1. The second kappa shape index (κ2) is 7.24. The highest BCUT2D eigenvalue weighted by Crippen LogP contribution is 2.42. The Labute approximate surface area is 137 Å². The van der Waals surface area contributed by atoms with Crippen molar-refractivity contribution in [3.8, 4) is 11.5 Å². The Morgan fingerprint density at radius 3 is 2.62 bits per heavy atom. The van der Waals surface area contributed by atoms with Crippen molar-refractivity contribution in [3.63, 3.8) is 0 Å². The van der Waals surface area contributed by atoms with Gasteiger partial charge in [0.2, 0.25) is 0 Å². The van der Waals surface area contributed by atoms with E-state index < -0.39 is 0 Å². The first-order chi connectivity index (χ1) is 10.1. The summed E-state index contributed by atoms with van der Waals surface area (Å²) in [6.45, 7) is 4.96. The first-order valence-electron chi connectivity index (χ1n) is 6.68. The minimum Gasteiger partial charge on any atom is -0.495 e. The molecule has 0 spiro atoms. The fraction of sp³-hybridized carbons (Fsp3) is 0.400. The molecule has 0 amide bonds. The highest BCUT2D eigenvalue weighted by Gasteiger charge is 2.22. The minimum atomic E-state index is 0.0540. The molecule has 0 saturated heterocycles. The fourth-order valence-corrected chi connectivity index (χ4v) is 3.79. The van der Waals surface area contributed by atoms with Gasteiger partial charge in [-0.05, 0) is 41.5 Å². The average Bonchev–Trinajstić information content (AvgIpc) is 2.91. The molecule has 21 heavy (non-hydrogen) atoms. The molecule has 0 aliphatic heterocycles. The molecule has 0 radical (unpaired) electrons. The Hall–Kier alpha value is -1.11. The van der Waals surface area contributed by atoms with E-state index in [2.05, 4.69) is 33.2 Å². The van der Waals surface area contributed by atoms with Gasteiger partial charge in [-0.1, -0.05) is 6.92 Å². The van der Waals surface area contributed by atoms with E-state index in [1.165, 1.54) is 4.88 Å². The van der Waals surface area contributed by atoms with Gasteiger partial charge in [0.25, 0.3) is 0 Å². The minimum absolute atomic E-state index is 0.0540. The van der Waals surface area contributed by atoms with Crippen molar-refractivity contribution in [2.75, 3.05) is 20.8 Å². The molecule has 0 saturated carbocycles. The van der Waals surface area contributed by atoms with Gasteiger partial charge in [0.15, 0.2) is 0 Å². The van der Waals surface area contributed by atoms with E-state index in [1.54, 1.807) is 25.6 Å². The van der Waals surface area contributed by atoms with Gasteiger partial charge >= 0.3 is 0 Å². The quantitative estimate of drug-likeness (QED) is 0.836. The lowest BCUT2D eigenvalue weighted by Gasteiger charge is -2.21. The summed E-state index contributed by atoms with van der Waals surface area (Å²) < 4.78 is 11.8. The number of nitrogens with one attached hydrogen (secondary N) is 1. The molecule has 4 nitrogen and oxygen atoms in total. The zero-order valence-corrected chi connectivity index (χ0v) is 15.0. The molecule has 0 aliphatic rings. The van der Waals surface area contributed by atoms with Crippen LogP contribution in [0.5, 0.6) is 11.5 Å². The smallest absolute Gasteiger partial charge is 0.141 e. The number of hydrogen-bond donors (Lipinski definition) is 1. The third kappa shape index (κ3) is 3.39. The molecule has 0 aliphatic carbocycles. The van der Waals surface area contributed by atoms with Gasteiger partial charge < -0.3 is 14.8 Å². The van der Waals surface area contributed by atoms with E-state index in [9.17, 15) is 0 Å². The molecule has 6 heteroatoms. The van der Waals surface area contributed by atoms with Crippen LogP contribution in [0.25, 0.3) is 0 Å². The molecule has 1 aromatic carbocycles. The number of methoxy groups -OCH3 is 2. The summed E-state index contributed by atoms with van der Waals surface area (Å²) >= 11 is 5.25. The van der Waals surface area contributed by atoms with Crippen LogP contribution < -0.4 is 14.8 Å². The summed E-state index contributed by atoms with van der Waals surface area (Å²) in [5.41, 5.74) is 1.07. The Kier molecular flexibility index (Phi) is 5.61. The molecule has 1 heterocycles. The van der Waals surface area contributed by atoms with E-state index in [1.807, 2.05) is 25.3 Å². The molecule has 114 valence electrons. The highest BCUT2D eigenvalue weighted by molar-refractivity contribution is 9.10. The molecule has 0 fully saturated rings. The van der Waals surface area contributed by atoms with E-state index in [0.29, 0.717) is 0 Å². The lowest BCUT2D eigenvalue weighted by atomic mass is 10.0. The molecule has 2 aromatic rings. The van der Waals surface area contributed by atoms with Crippen LogP contribution in [0.1, 0.15) is 28.4 Å². The van der Waals surface area contributed by atoms with Crippen molar-refractivity contribution in [1.29, 1.82) is 0 Å². The van der Waals surface area contributed by atoms with Crippen molar-refractivity contribution in [2.45, 2.75) is 19.9 Å². The van der Waals surface area contributed by atoms with E-state index in [4.69, 9.17) is 9.47 Å². The SMILES string of the molecule is CCNC(c1cnc(C)s1)c1ccc(OC)c(Br)c1OC. The maximum absolute atomic E-state index is 5.59. The maximum atomic E-state index is 5.59. The second-order valence-electron chi connectivity index (χ2n) is 4.48. The predicted molar refractivity (Wildman–Crippen MR) is 89.6 cm³/mol. The number of aromatic nitrogens is 1. The predicted octanol–water partition coefficient (Wildman–Crippen LogP) is 3.93. The largest absolute Gasteiger partial charge is 0.495 e. The van der Waals surface area contributed by atoms with Crippen molar-refractivity contribution in [1.82, 2.24) is 10.3 Å².